The topological polar surface area (TPSA) is 73.8 Å². The van der Waals surface area contributed by atoms with Crippen LogP contribution in [0.25, 0.3) is 0 Å². The van der Waals surface area contributed by atoms with Crippen LogP contribution in [-0.4, -0.2) is 69.2 Å². The molecule has 0 bridgehead atoms. The van der Waals surface area contributed by atoms with E-state index in [0.717, 1.165) is 24.5 Å². The SMILES string of the molecule is CN=C(NCCC1=CCCCC1)NCCS(=O)(=O)N1CCSCC1.I. The van der Waals surface area contributed by atoms with Crippen molar-refractivity contribution in [1.29, 1.82) is 0 Å². The number of guanidine groups is 1. The van der Waals surface area contributed by atoms with Crippen molar-refractivity contribution in [3.05, 3.63) is 11.6 Å². The molecule has 0 atom stereocenters. The van der Waals surface area contributed by atoms with Crippen LogP contribution in [0.15, 0.2) is 16.6 Å². The molecule has 6 nitrogen and oxygen atoms in total. The van der Waals surface area contributed by atoms with Crippen molar-refractivity contribution in [2.24, 2.45) is 4.99 Å². The lowest BCUT2D eigenvalue weighted by molar-refractivity contribution is 0.443. The second kappa shape index (κ2) is 12.4. The molecule has 1 aliphatic carbocycles. The zero-order valence-electron chi connectivity index (χ0n) is 15.0. The molecule has 0 unspecified atom stereocenters. The van der Waals surface area contributed by atoms with Gasteiger partial charge in [0.15, 0.2) is 5.96 Å². The van der Waals surface area contributed by atoms with E-state index in [1.54, 1.807) is 11.4 Å². The number of nitrogens with one attached hydrogen (secondary N) is 2. The maximum atomic E-state index is 12.3. The molecule has 9 heteroatoms. The lowest BCUT2D eigenvalue weighted by Gasteiger charge is -2.25. The van der Waals surface area contributed by atoms with Gasteiger partial charge in [0.1, 0.15) is 0 Å². The van der Waals surface area contributed by atoms with Gasteiger partial charge in [-0.25, -0.2) is 12.7 Å². The fourth-order valence-corrected chi connectivity index (χ4v) is 5.44. The average Bonchev–Trinajstić information content (AvgIpc) is 2.62. The summed E-state index contributed by atoms with van der Waals surface area (Å²) in [6.45, 7) is 2.49. The van der Waals surface area contributed by atoms with Gasteiger partial charge in [0.25, 0.3) is 0 Å². The minimum Gasteiger partial charge on any atom is -0.356 e. The Hall–Kier alpha value is -0.000000000000000111. The first-order valence-corrected chi connectivity index (χ1v) is 11.6. The van der Waals surface area contributed by atoms with Crippen LogP contribution >= 0.6 is 35.7 Å². The Morgan fingerprint density at radius 3 is 2.60 bits per heavy atom. The van der Waals surface area contributed by atoms with Gasteiger partial charge in [-0.1, -0.05) is 11.6 Å². The van der Waals surface area contributed by atoms with Crippen molar-refractivity contribution in [2.75, 3.05) is 50.5 Å². The summed E-state index contributed by atoms with van der Waals surface area (Å²) < 4.78 is 26.2. The van der Waals surface area contributed by atoms with E-state index in [9.17, 15) is 8.42 Å². The van der Waals surface area contributed by atoms with E-state index in [2.05, 4.69) is 21.7 Å². The van der Waals surface area contributed by atoms with Crippen molar-refractivity contribution < 1.29 is 8.42 Å². The first-order valence-electron chi connectivity index (χ1n) is 8.80. The third kappa shape index (κ3) is 8.49. The van der Waals surface area contributed by atoms with E-state index < -0.39 is 10.0 Å². The Kier molecular flexibility index (Phi) is 11.4. The van der Waals surface area contributed by atoms with Crippen molar-refractivity contribution >= 4 is 51.7 Å². The quantitative estimate of drug-likeness (QED) is 0.241. The summed E-state index contributed by atoms with van der Waals surface area (Å²) in [5, 5.41) is 6.38. The Labute approximate surface area is 173 Å². The zero-order valence-corrected chi connectivity index (χ0v) is 19.0. The molecule has 1 saturated heterocycles. The van der Waals surface area contributed by atoms with Gasteiger partial charge in [-0.05, 0) is 32.1 Å². The second-order valence-corrected chi connectivity index (χ2v) is 9.42. The summed E-state index contributed by atoms with van der Waals surface area (Å²) in [5.74, 6) is 2.58. The van der Waals surface area contributed by atoms with Gasteiger partial charge in [0.2, 0.25) is 10.0 Å². The number of rotatable bonds is 7. The van der Waals surface area contributed by atoms with Crippen molar-refractivity contribution in [2.45, 2.75) is 32.1 Å². The predicted octanol–water partition coefficient (Wildman–Crippen LogP) is 2.04. The molecular weight excluding hydrogens is 471 g/mol. The van der Waals surface area contributed by atoms with Gasteiger partial charge in [0, 0.05) is 44.7 Å². The molecule has 2 N–H and O–H groups in total. The highest BCUT2D eigenvalue weighted by atomic mass is 127. The molecule has 0 saturated carbocycles. The average molecular weight is 502 g/mol. The summed E-state index contributed by atoms with van der Waals surface area (Å²) in [6.07, 6.45) is 8.40. The van der Waals surface area contributed by atoms with Crippen LogP contribution in [0.4, 0.5) is 0 Å². The van der Waals surface area contributed by atoms with Gasteiger partial charge in [0.05, 0.1) is 5.75 Å². The number of allylic oxidation sites excluding steroid dienone is 1. The van der Waals surface area contributed by atoms with Crippen LogP contribution in [0, 0.1) is 0 Å². The lowest BCUT2D eigenvalue weighted by atomic mass is 9.97. The molecular formula is C16H31IN4O2S2. The largest absolute Gasteiger partial charge is 0.356 e. The Morgan fingerprint density at radius 1 is 1.24 bits per heavy atom. The third-order valence-electron chi connectivity index (χ3n) is 4.36. The molecule has 1 aliphatic heterocycles. The summed E-state index contributed by atoms with van der Waals surface area (Å²) in [7, 11) is -1.45. The number of halogens is 1. The van der Waals surface area contributed by atoms with E-state index >= 15 is 0 Å². The standard InChI is InChI=1S/C16H30N4O2S2.HI/c1-17-16(18-8-7-15-5-3-2-4-6-15)19-9-14-24(21,22)20-10-12-23-13-11-20;/h5H,2-4,6-14H2,1H3,(H2,17,18,19);1H. The van der Waals surface area contributed by atoms with Crippen molar-refractivity contribution in [3.63, 3.8) is 0 Å². The van der Waals surface area contributed by atoms with Crippen LogP contribution in [-0.2, 0) is 10.0 Å². The summed E-state index contributed by atoms with van der Waals surface area (Å²) in [4.78, 5) is 4.17. The molecule has 146 valence electrons. The first kappa shape index (κ1) is 23.0. The molecule has 1 fully saturated rings. The number of nitrogens with zero attached hydrogens (tertiary/aromatic N) is 2. The van der Waals surface area contributed by atoms with E-state index in [-0.39, 0.29) is 29.7 Å². The highest BCUT2D eigenvalue weighted by Gasteiger charge is 2.23. The molecule has 0 aromatic carbocycles. The van der Waals surface area contributed by atoms with Gasteiger partial charge in [-0.15, -0.1) is 24.0 Å². The van der Waals surface area contributed by atoms with Gasteiger partial charge < -0.3 is 10.6 Å². The second-order valence-electron chi connectivity index (χ2n) is 6.11. The molecule has 2 aliphatic rings. The predicted molar refractivity (Wildman–Crippen MR) is 119 cm³/mol. The van der Waals surface area contributed by atoms with Gasteiger partial charge in [-0.3, -0.25) is 4.99 Å². The highest BCUT2D eigenvalue weighted by molar-refractivity contribution is 14.0. The summed E-state index contributed by atoms with van der Waals surface area (Å²) in [5.41, 5.74) is 1.52. The molecule has 25 heavy (non-hydrogen) atoms. The first-order chi connectivity index (χ1) is 11.6. The summed E-state index contributed by atoms with van der Waals surface area (Å²) in [6, 6.07) is 0. The number of thioether (sulfide) groups is 1. The van der Waals surface area contributed by atoms with Crippen LogP contribution in [0.3, 0.4) is 0 Å². The van der Waals surface area contributed by atoms with E-state index in [1.807, 2.05) is 11.8 Å². The van der Waals surface area contributed by atoms with Crippen LogP contribution in [0.2, 0.25) is 0 Å². The highest BCUT2D eigenvalue weighted by Crippen LogP contribution is 2.19. The Balaban J connectivity index is 0.00000312. The normalized spacial score (nSPS) is 19.7. The molecule has 0 spiro atoms. The van der Waals surface area contributed by atoms with Crippen LogP contribution in [0.5, 0.6) is 0 Å². The molecule has 2 rings (SSSR count). The number of aliphatic imine (C=N–C) groups is 1. The number of sulfonamides is 1. The van der Waals surface area contributed by atoms with Crippen LogP contribution in [0.1, 0.15) is 32.1 Å². The van der Waals surface area contributed by atoms with E-state index in [4.69, 9.17) is 0 Å². The number of hydrogen-bond acceptors (Lipinski definition) is 4. The fraction of sp³-hybridized carbons (Fsp3) is 0.812. The minimum absolute atomic E-state index is 0. The van der Waals surface area contributed by atoms with Crippen molar-refractivity contribution in [3.8, 4) is 0 Å². The van der Waals surface area contributed by atoms with Crippen molar-refractivity contribution in [1.82, 2.24) is 14.9 Å². The zero-order chi connectivity index (χ0) is 17.3. The smallest absolute Gasteiger partial charge is 0.215 e. The summed E-state index contributed by atoms with van der Waals surface area (Å²) >= 11 is 1.81. The van der Waals surface area contributed by atoms with E-state index in [1.165, 1.54) is 31.3 Å². The fourth-order valence-electron chi connectivity index (χ4n) is 2.95. The monoisotopic (exact) mass is 502 g/mol. The van der Waals surface area contributed by atoms with E-state index in [0.29, 0.717) is 25.6 Å². The Bertz CT molecular complexity index is 546. The molecule has 0 radical (unpaired) electrons. The van der Waals surface area contributed by atoms with Gasteiger partial charge in [-0.2, -0.15) is 11.8 Å². The minimum atomic E-state index is -3.16. The third-order valence-corrected chi connectivity index (χ3v) is 7.18. The lowest BCUT2D eigenvalue weighted by Crippen LogP contribution is -2.44. The molecule has 0 amide bonds. The molecule has 0 aromatic heterocycles. The molecule has 1 heterocycles. The van der Waals surface area contributed by atoms with Gasteiger partial charge >= 0.3 is 0 Å². The van der Waals surface area contributed by atoms with Crippen LogP contribution < -0.4 is 10.6 Å². The molecule has 0 aromatic rings. The number of hydrogen-bond donors (Lipinski definition) is 2. The maximum Gasteiger partial charge on any atom is 0.215 e. The Morgan fingerprint density at radius 2 is 1.96 bits per heavy atom. The maximum absolute atomic E-state index is 12.3.